The van der Waals surface area contributed by atoms with Gasteiger partial charge in [-0.2, -0.15) is 0 Å². The fourth-order valence-corrected chi connectivity index (χ4v) is 0.900. The van der Waals surface area contributed by atoms with Gasteiger partial charge >= 0.3 is 0 Å². The van der Waals surface area contributed by atoms with Gasteiger partial charge in [-0.25, -0.2) is 0 Å². The van der Waals surface area contributed by atoms with Crippen molar-refractivity contribution in [3.63, 3.8) is 0 Å². The molecule has 0 aliphatic carbocycles. The molecule has 0 aliphatic rings. The largest absolute Gasteiger partial charge is 0.291 e. The molecule has 0 aliphatic heterocycles. The molecule has 0 aromatic rings. The summed E-state index contributed by atoms with van der Waals surface area (Å²) in [5.74, 6) is -0.495. The van der Waals surface area contributed by atoms with Gasteiger partial charge in [-0.15, -0.1) is 0 Å². The minimum Gasteiger partial charge on any atom is -0.291 e. The highest BCUT2D eigenvalue weighted by molar-refractivity contribution is 5.65. The van der Waals surface area contributed by atoms with Crippen LogP contribution in [-0.2, 0) is 9.59 Å². The zero-order valence-corrected chi connectivity index (χ0v) is 6.39. The first-order chi connectivity index (χ1) is 4.79. The van der Waals surface area contributed by atoms with Crippen LogP contribution >= 0.6 is 0 Å². The molecule has 0 N–H and O–H groups in total. The van der Waals surface area contributed by atoms with E-state index in [9.17, 15) is 9.59 Å². The van der Waals surface area contributed by atoms with E-state index >= 15 is 0 Å². The van der Waals surface area contributed by atoms with Gasteiger partial charge in [0.15, 0.2) is 0 Å². The van der Waals surface area contributed by atoms with Gasteiger partial charge in [0.1, 0.15) is 0 Å². The summed E-state index contributed by atoms with van der Waals surface area (Å²) >= 11 is 0. The van der Waals surface area contributed by atoms with Gasteiger partial charge in [-0.05, 0) is 12.8 Å². The average Bonchev–Trinajstić information content (AvgIpc) is 2.00. The van der Waals surface area contributed by atoms with Gasteiger partial charge in [0.25, 0.3) is 0 Å². The molecule has 0 spiro atoms. The van der Waals surface area contributed by atoms with Crippen LogP contribution in [0.5, 0.6) is 0 Å². The maximum Gasteiger partial charge on any atom is 0.202 e. The molecule has 0 rings (SSSR count). The van der Waals surface area contributed by atoms with Crippen molar-refractivity contribution in [1.29, 1.82) is 0 Å². The summed E-state index contributed by atoms with van der Waals surface area (Å²) in [7, 11) is 0. The van der Waals surface area contributed by atoms with Gasteiger partial charge < -0.3 is 0 Å². The van der Waals surface area contributed by atoms with Crippen molar-refractivity contribution < 1.29 is 9.59 Å². The summed E-state index contributed by atoms with van der Waals surface area (Å²) in [5.41, 5.74) is 0. The lowest BCUT2D eigenvalue weighted by molar-refractivity contribution is 0.428. The molecule has 2 nitrogen and oxygen atoms in total. The number of rotatable bonds is 5. The second-order valence-corrected chi connectivity index (χ2v) is 2.27. The normalized spacial score (nSPS) is 15.8. The summed E-state index contributed by atoms with van der Waals surface area (Å²) in [6.07, 6.45) is 5.04. The third-order valence-electron chi connectivity index (χ3n) is 1.67. The van der Waals surface area contributed by atoms with E-state index in [1.807, 2.05) is 26.4 Å². The quantitative estimate of drug-likeness (QED) is 0.576. The molecule has 0 amide bonds. The maximum atomic E-state index is 10.2. The zero-order valence-electron chi connectivity index (χ0n) is 6.39. The number of carbonyl (C=O) groups excluding carboxylic acids is 2. The Morgan fingerprint density at radius 2 is 1.30 bits per heavy atom. The monoisotopic (exact) mass is 140 g/mol. The molecule has 2 unspecified atom stereocenters. The van der Waals surface area contributed by atoms with Crippen LogP contribution in [0.4, 0.5) is 0 Å². The van der Waals surface area contributed by atoms with Crippen molar-refractivity contribution in [1.82, 2.24) is 0 Å². The number of hydrogen-bond acceptors (Lipinski definition) is 2. The van der Waals surface area contributed by atoms with Crippen LogP contribution in [-0.4, -0.2) is 12.6 Å². The van der Waals surface area contributed by atoms with E-state index in [2.05, 4.69) is 0 Å². The van der Waals surface area contributed by atoms with E-state index in [1.165, 1.54) is 0 Å². The summed E-state index contributed by atoms with van der Waals surface area (Å²) in [5, 5.41) is 0. The van der Waals surface area contributed by atoms with E-state index in [4.69, 9.17) is 0 Å². The zero-order chi connectivity index (χ0) is 7.98. The smallest absolute Gasteiger partial charge is 0.202 e. The summed E-state index contributed by atoms with van der Waals surface area (Å²) in [6.45, 7) is 3.74. The molecule has 0 fully saturated rings. The van der Waals surface area contributed by atoms with Crippen molar-refractivity contribution in [2.45, 2.75) is 26.7 Å². The Morgan fingerprint density at radius 3 is 1.40 bits per heavy atom. The Morgan fingerprint density at radius 1 is 1.00 bits per heavy atom. The first kappa shape index (κ1) is 9.34. The Kier molecular flexibility index (Phi) is 4.81. The Labute approximate surface area is 61.6 Å². The first-order valence-corrected chi connectivity index (χ1v) is 3.55. The third kappa shape index (κ3) is 2.29. The second-order valence-electron chi connectivity index (χ2n) is 2.27. The second kappa shape index (κ2) is 5.15. The fraction of sp³-hybridized carbons (Fsp3) is 0.750. The molecule has 0 bridgehead atoms. The van der Waals surface area contributed by atoms with E-state index in [1.54, 1.807) is 0 Å². The van der Waals surface area contributed by atoms with Gasteiger partial charge in [0.2, 0.25) is 12.6 Å². The summed E-state index contributed by atoms with van der Waals surface area (Å²) < 4.78 is 0. The van der Waals surface area contributed by atoms with Gasteiger partial charge in [-0.1, -0.05) is 13.8 Å². The van der Waals surface area contributed by atoms with E-state index in [-0.39, 0.29) is 11.8 Å². The molecule has 0 saturated carbocycles. The summed E-state index contributed by atoms with van der Waals surface area (Å²) in [6, 6.07) is 0. The van der Waals surface area contributed by atoms with Crippen LogP contribution in [0.3, 0.4) is 0 Å². The molecule has 56 valence electrons. The highest BCUT2D eigenvalue weighted by Gasteiger charge is 2.17. The van der Waals surface area contributed by atoms with Crippen LogP contribution in [0.1, 0.15) is 26.7 Å². The Hall–Kier alpha value is -0.660. The lowest BCUT2D eigenvalue weighted by Gasteiger charge is -2.10. The average molecular weight is 140 g/mol. The van der Waals surface area contributed by atoms with E-state index in [0.717, 1.165) is 0 Å². The highest BCUT2D eigenvalue weighted by Crippen LogP contribution is 2.14. The Bertz CT molecular complexity index is 95.8. The van der Waals surface area contributed by atoms with Gasteiger partial charge in [-0.3, -0.25) is 9.59 Å². The molecule has 0 heterocycles. The molecule has 2 radical (unpaired) electrons. The van der Waals surface area contributed by atoms with Gasteiger partial charge in [0, 0.05) is 11.8 Å². The minimum atomic E-state index is -0.248. The van der Waals surface area contributed by atoms with Crippen molar-refractivity contribution in [3.05, 3.63) is 0 Å². The molecule has 0 aromatic heterocycles. The fourth-order valence-electron chi connectivity index (χ4n) is 0.900. The van der Waals surface area contributed by atoms with E-state index < -0.39 is 0 Å². The molecule has 0 saturated heterocycles. The van der Waals surface area contributed by atoms with Crippen molar-refractivity contribution >= 4 is 12.6 Å². The maximum absolute atomic E-state index is 10.2. The van der Waals surface area contributed by atoms with Crippen LogP contribution in [0, 0.1) is 11.8 Å². The number of hydrogen-bond donors (Lipinski definition) is 0. The topological polar surface area (TPSA) is 34.1 Å². The molecule has 0 aromatic carbocycles. The van der Waals surface area contributed by atoms with Gasteiger partial charge in [0.05, 0.1) is 0 Å². The molecule has 2 atom stereocenters. The van der Waals surface area contributed by atoms with Crippen molar-refractivity contribution in [3.8, 4) is 0 Å². The third-order valence-corrected chi connectivity index (χ3v) is 1.67. The van der Waals surface area contributed by atoms with Crippen molar-refractivity contribution in [2.75, 3.05) is 0 Å². The van der Waals surface area contributed by atoms with Crippen molar-refractivity contribution in [2.24, 2.45) is 11.8 Å². The molecule has 2 heteroatoms. The van der Waals surface area contributed by atoms with Crippen LogP contribution < -0.4 is 0 Å². The minimum absolute atomic E-state index is 0.248. The molecular weight excluding hydrogens is 128 g/mol. The van der Waals surface area contributed by atoms with Crippen LogP contribution in [0.2, 0.25) is 0 Å². The highest BCUT2D eigenvalue weighted by atomic mass is 16.1. The van der Waals surface area contributed by atoms with Crippen LogP contribution in [0.15, 0.2) is 0 Å². The standard InChI is InChI=1S/C8H12O2/c1-3-7(5-9)8(4-2)6-10/h7-8H,3-4H2,1-2H3. The SMILES string of the molecule is CCC([C]=O)C([C]=O)CC. The lowest BCUT2D eigenvalue weighted by Crippen LogP contribution is -2.15. The summed E-state index contributed by atoms with van der Waals surface area (Å²) in [4.78, 5) is 20.4. The van der Waals surface area contributed by atoms with E-state index in [0.29, 0.717) is 12.8 Å². The first-order valence-electron chi connectivity index (χ1n) is 3.55. The van der Waals surface area contributed by atoms with Crippen LogP contribution in [0.25, 0.3) is 0 Å². The lowest BCUT2D eigenvalue weighted by atomic mass is 9.91. The molecule has 10 heavy (non-hydrogen) atoms. The predicted molar refractivity (Wildman–Crippen MR) is 38.9 cm³/mol. The Balaban J connectivity index is 3.93. The predicted octanol–water partition coefficient (Wildman–Crippen LogP) is 1.26. The molecular formula is C8H12O2.